The van der Waals surface area contributed by atoms with Crippen LogP contribution < -0.4 is 4.74 Å². The molecule has 0 aliphatic rings. The molecule has 0 spiro atoms. The van der Waals surface area contributed by atoms with Crippen LogP contribution in [0, 0.1) is 5.82 Å². The van der Waals surface area contributed by atoms with Crippen molar-refractivity contribution in [1.82, 2.24) is 20.0 Å². The zero-order valence-electron chi connectivity index (χ0n) is 12.3. The van der Waals surface area contributed by atoms with E-state index in [1.54, 1.807) is 12.1 Å². The van der Waals surface area contributed by atoms with E-state index in [0.29, 0.717) is 22.7 Å². The highest BCUT2D eigenvalue weighted by molar-refractivity contribution is 6.30. The molecule has 0 bridgehead atoms. The predicted molar refractivity (Wildman–Crippen MR) is 79.9 cm³/mol. The Bertz CT molecular complexity index is 880. The van der Waals surface area contributed by atoms with Crippen LogP contribution in [-0.4, -0.2) is 20.0 Å². The molecule has 0 radical (unpaired) electrons. The van der Waals surface area contributed by atoms with Crippen LogP contribution in [0.4, 0.5) is 17.6 Å². The Morgan fingerprint density at radius 1 is 1.16 bits per heavy atom. The number of hydrogen-bond donors (Lipinski definition) is 0. The minimum atomic E-state index is -4.80. The van der Waals surface area contributed by atoms with Crippen molar-refractivity contribution < 1.29 is 22.3 Å². The summed E-state index contributed by atoms with van der Waals surface area (Å²) < 4.78 is 58.1. The van der Waals surface area contributed by atoms with Gasteiger partial charge in [-0.25, -0.2) is 14.1 Å². The van der Waals surface area contributed by atoms with E-state index in [-0.39, 0.29) is 12.3 Å². The van der Waals surface area contributed by atoms with E-state index in [4.69, 9.17) is 16.3 Å². The van der Waals surface area contributed by atoms with E-state index in [1.807, 2.05) is 0 Å². The maximum absolute atomic E-state index is 13.3. The summed E-state index contributed by atoms with van der Waals surface area (Å²) in [5, 5.41) is 7.97. The molecule has 0 atom stereocenters. The van der Waals surface area contributed by atoms with Crippen LogP contribution in [-0.2, 0) is 12.8 Å². The third-order valence-electron chi connectivity index (χ3n) is 3.13. The lowest BCUT2D eigenvalue weighted by Crippen LogP contribution is -2.09. The molecular formula is C15H9ClF4N4O. The van der Waals surface area contributed by atoms with Crippen molar-refractivity contribution in [2.24, 2.45) is 0 Å². The average molecular weight is 373 g/mol. The van der Waals surface area contributed by atoms with Gasteiger partial charge in [0.2, 0.25) is 5.88 Å². The van der Waals surface area contributed by atoms with Gasteiger partial charge in [-0.2, -0.15) is 13.2 Å². The van der Waals surface area contributed by atoms with Crippen LogP contribution in [0.3, 0.4) is 0 Å². The quantitative estimate of drug-likeness (QED) is 0.648. The predicted octanol–water partition coefficient (Wildman–Crippen LogP) is 4.05. The first-order valence-corrected chi connectivity index (χ1v) is 7.23. The molecule has 3 aromatic rings. The topological polar surface area (TPSA) is 52.8 Å². The summed E-state index contributed by atoms with van der Waals surface area (Å²) in [5.74, 6) is -1.05. The van der Waals surface area contributed by atoms with Crippen molar-refractivity contribution in [3.8, 4) is 11.6 Å². The fourth-order valence-electron chi connectivity index (χ4n) is 1.96. The number of benzene rings is 1. The highest BCUT2D eigenvalue weighted by Crippen LogP contribution is 2.32. The first-order valence-electron chi connectivity index (χ1n) is 6.85. The van der Waals surface area contributed by atoms with Gasteiger partial charge in [-0.05, 0) is 24.3 Å². The van der Waals surface area contributed by atoms with Gasteiger partial charge in [0.25, 0.3) is 0 Å². The summed E-state index contributed by atoms with van der Waals surface area (Å²) >= 11 is 5.71. The van der Waals surface area contributed by atoms with Crippen molar-refractivity contribution in [2.75, 3.05) is 0 Å². The Morgan fingerprint density at radius 3 is 2.64 bits per heavy atom. The highest BCUT2D eigenvalue weighted by atomic mass is 35.5. The first-order chi connectivity index (χ1) is 11.8. The molecule has 1 aromatic carbocycles. The third-order valence-corrected chi connectivity index (χ3v) is 3.35. The lowest BCUT2D eigenvalue weighted by molar-refractivity contribution is -0.140. The van der Waals surface area contributed by atoms with Crippen molar-refractivity contribution in [3.63, 3.8) is 0 Å². The second-order valence-electron chi connectivity index (χ2n) is 4.92. The van der Waals surface area contributed by atoms with Crippen LogP contribution in [0.15, 0.2) is 42.7 Å². The molecule has 25 heavy (non-hydrogen) atoms. The second-order valence-corrected chi connectivity index (χ2v) is 5.36. The fourth-order valence-corrected chi connectivity index (χ4v) is 2.07. The number of halogens is 5. The summed E-state index contributed by atoms with van der Waals surface area (Å²) in [4.78, 5) is 3.93. The molecule has 3 rings (SSSR count). The SMILES string of the molecule is Fc1ccc(-n2cc(COc3ccc(Cl)cn3)nn2)cc1C(F)(F)F. The van der Waals surface area contributed by atoms with Crippen LogP contribution in [0.25, 0.3) is 5.69 Å². The molecule has 10 heteroatoms. The first kappa shape index (κ1) is 17.2. The molecule has 130 valence electrons. The van der Waals surface area contributed by atoms with Crippen molar-refractivity contribution in [2.45, 2.75) is 12.8 Å². The number of pyridine rings is 1. The largest absolute Gasteiger partial charge is 0.471 e. The van der Waals surface area contributed by atoms with Gasteiger partial charge in [0.05, 0.1) is 22.5 Å². The van der Waals surface area contributed by atoms with E-state index < -0.39 is 17.6 Å². The van der Waals surface area contributed by atoms with Gasteiger partial charge in [0.1, 0.15) is 18.1 Å². The molecule has 0 unspecified atom stereocenters. The van der Waals surface area contributed by atoms with E-state index in [1.165, 1.54) is 18.5 Å². The normalized spacial score (nSPS) is 11.6. The standard InChI is InChI=1S/C15H9ClF4N4O/c16-9-1-4-14(21-6-9)25-8-10-7-24(23-22-10)11-2-3-13(17)12(5-11)15(18,19)20/h1-7H,8H2. The third kappa shape index (κ3) is 4.05. The number of aromatic nitrogens is 4. The van der Waals surface area contributed by atoms with Gasteiger partial charge in [-0.3, -0.25) is 0 Å². The van der Waals surface area contributed by atoms with Crippen LogP contribution >= 0.6 is 11.6 Å². The molecule has 2 aromatic heterocycles. The Morgan fingerprint density at radius 2 is 1.96 bits per heavy atom. The summed E-state index contributed by atoms with van der Waals surface area (Å²) in [7, 11) is 0. The molecule has 5 nitrogen and oxygen atoms in total. The lowest BCUT2D eigenvalue weighted by Gasteiger charge is -2.09. The maximum atomic E-state index is 13.3. The molecule has 2 heterocycles. The molecule has 0 aliphatic heterocycles. The van der Waals surface area contributed by atoms with E-state index in [0.717, 1.165) is 10.7 Å². The highest BCUT2D eigenvalue weighted by Gasteiger charge is 2.34. The fraction of sp³-hybridized carbons (Fsp3) is 0.133. The van der Waals surface area contributed by atoms with E-state index in [2.05, 4.69) is 15.3 Å². The monoisotopic (exact) mass is 372 g/mol. The number of nitrogens with zero attached hydrogens (tertiary/aromatic N) is 4. The van der Waals surface area contributed by atoms with Gasteiger partial charge in [-0.1, -0.05) is 16.8 Å². The van der Waals surface area contributed by atoms with Crippen molar-refractivity contribution in [1.29, 1.82) is 0 Å². The van der Waals surface area contributed by atoms with Gasteiger partial charge in [-0.15, -0.1) is 5.10 Å². The van der Waals surface area contributed by atoms with Gasteiger partial charge < -0.3 is 4.74 Å². The maximum Gasteiger partial charge on any atom is 0.419 e. The number of hydrogen-bond acceptors (Lipinski definition) is 4. The molecule has 0 fully saturated rings. The molecular weight excluding hydrogens is 364 g/mol. The van der Waals surface area contributed by atoms with Crippen molar-refractivity contribution >= 4 is 11.6 Å². The number of alkyl halides is 3. The van der Waals surface area contributed by atoms with Crippen molar-refractivity contribution in [3.05, 3.63) is 64.8 Å². The van der Waals surface area contributed by atoms with Crippen LogP contribution in [0.1, 0.15) is 11.3 Å². The van der Waals surface area contributed by atoms with Gasteiger partial charge >= 0.3 is 6.18 Å². The zero-order chi connectivity index (χ0) is 18.0. The van der Waals surface area contributed by atoms with Gasteiger partial charge in [0, 0.05) is 12.3 Å². The van der Waals surface area contributed by atoms with Crippen LogP contribution in [0.2, 0.25) is 5.02 Å². The van der Waals surface area contributed by atoms with Gasteiger partial charge in [0.15, 0.2) is 0 Å². The lowest BCUT2D eigenvalue weighted by atomic mass is 10.2. The average Bonchev–Trinajstić information content (AvgIpc) is 3.03. The molecule has 0 saturated heterocycles. The Labute approximate surface area is 143 Å². The number of rotatable bonds is 4. The van der Waals surface area contributed by atoms with Crippen LogP contribution in [0.5, 0.6) is 5.88 Å². The summed E-state index contributed by atoms with van der Waals surface area (Å²) in [6.07, 6.45) is -2.01. The summed E-state index contributed by atoms with van der Waals surface area (Å²) in [6.45, 7) is 0.00194. The Hall–Kier alpha value is -2.68. The molecule has 0 saturated carbocycles. The molecule has 0 amide bonds. The minimum absolute atomic E-state index is 0.00194. The number of ether oxygens (including phenoxy) is 1. The van der Waals surface area contributed by atoms with E-state index in [9.17, 15) is 17.6 Å². The summed E-state index contributed by atoms with van der Waals surface area (Å²) in [6, 6.07) is 5.72. The molecule has 0 N–H and O–H groups in total. The minimum Gasteiger partial charge on any atom is -0.471 e. The second kappa shape index (κ2) is 6.67. The smallest absolute Gasteiger partial charge is 0.419 e. The van der Waals surface area contributed by atoms with E-state index >= 15 is 0 Å². The summed E-state index contributed by atoms with van der Waals surface area (Å²) in [5.41, 5.74) is -0.990. The Kier molecular flexibility index (Phi) is 4.58. The Balaban J connectivity index is 1.76. The molecule has 0 aliphatic carbocycles. The zero-order valence-corrected chi connectivity index (χ0v) is 13.1.